The summed E-state index contributed by atoms with van der Waals surface area (Å²) in [6.45, 7) is 11.1. The molecular weight excluding hydrogens is 962 g/mol. The van der Waals surface area contributed by atoms with Crippen LogP contribution in [0.3, 0.4) is 0 Å². The Labute approximate surface area is 428 Å². The van der Waals surface area contributed by atoms with Gasteiger partial charge in [-0.05, 0) is 145 Å². The van der Waals surface area contributed by atoms with Gasteiger partial charge in [0.15, 0.2) is 0 Å². The molecule has 17 nitrogen and oxygen atoms in total. The van der Waals surface area contributed by atoms with E-state index in [4.69, 9.17) is 30.8 Å². The average molecular weight is 1030 g/mol. The first-order valence-electron chi connectivity index (χ1n) is 26.3. The largest absolute Gasteiger partial charge is 0.492 e. The number of aromatic nitrogens is 4. The molecule has 4 fully saturated rings. The molecule has 8 aliphatic rings. The van der Waals surface area contributed by atoms with Gasteiger partial charge in [-0.15, -0.1) is 0 Å². The quantitative estimate of drug-likeness (QED) is 0.134. The van der Waals surface area contributed by atoms with Crippen LogP contribution in [0.4, 0.5) is 26.4 Å². The number of likely N-dealkylation sites (tertiary alicyclic amines) is 2. The van der Waals surface area contributed by atoms with Crippen LogP contribution in [0.5, 0.6) is 5.75 Å². The second-order valence-corrected chi connectivity index (χ2v) is 21.1. The van der Waals surface area contributed by atoms with E-state index in [9.17, 15) is 23.6 Å². The Morgan fingerprint density at radius 2 is 1.21 bits per heavy atom. The third kappa shape index (κ3) is 10.7. The van der Waals surface area contributed by atoms with Crippen LogP contribution in [0.1, 0.15) is 119 Å². The molecule has 0 radical (unpaired) electrons. The highest BCUT2D eigenvalue weighted by Crippen LogP contribution is 2.47. The van der Waals surface area contributed by atoms with E-state index in [1.54, 1.807) is 12.1 Å². The molecule has 12 rings (SSSR count). The van der Waals surface area contributed by atoms with E-state index in [1.807, 2.05) is 34.9 Å². The topological polar surface area (TPSA) is 182 Å². The average Bonchev–Trinajstić information content (AvgIpc) is 4.19. The highest BCUT2D eigenvalue weighted by atomic mass is 35.5. The molecule has 10 heterocycles. The summed E-state index contributed by atoms with van der Waals surface area (Å²) in [5.41, 5.74) is 1.91. The van der Waals surface area contributed by atoms with Gasteiger partial charge in [0, 0.05) is 89.7 Å². The Balaban J connectivity index is 0.000000141. The number of fused-ring (bicyclic) bond motifs is 6. The molecule has 392 valence electrons. The fourth-order valence-corrected chi connectivity index (χ4v) is 12.2. The van der Waals surface area contributed by atoms with Crippen LogP contribution in [0.15, 0.2) is 33.9 Å². The lowest BCUT2D eigenvalue weighted by Gasteiger charge is -2.39. The molecule has 0 amide bonds. The van der Waals surface area contributed by atoms with Crippen molar-refractivity contribution < 1.29 is 32.6 Å². The zero-order chi connectivity index (χ0) is 50.9. The van der Waals surface area contributed by atoms with Crippen molar-refractivity contribution in [2.45, 2.75) is 101 Å². The molecule has 3 N–H and O–H groups in total. The molecule has 0 aliphatic carbocycles. The second kappa shape index (κ2) is 21.7. The number of nitrogens with zero attached hydrogens (tertiary/aromatic N) is 7. The van der Waals surface area contributed by atoms with Crippen molar-refractivity contribution in [3.05, 3.63) is 101 Å². The molecule has 0 saturated carbocycles. The number of nitrogens with one attached hydrogen (secondary N) is 3. The first-order valence-corrected chi connectivity index (χ1v) is 26.7. The Morgan fingerprint density at radius 3 is 1.84 bits per heavy atom. The van der Waals surface area contributed by atoms with Crippen LogP contribution >= 0.6 is 11.6 Å². The maximum absolute atomic E-state index is 15.5. The Kier molecular flexibility index (Phi) is 15.1. The van der Waals surface area contributed by atoms with Gasteiger partial charge in [-0.3, -0.25) is 24.5 Å². The molecule has 8 aliphatic heterocycles. The van der Waals surface area contributed by atoms with Gasteiger partial charge in [-0.25, -0.2) is 23.4 Å². The third-order valence-corrected chi connectivity index (χ3v) is 16.1. The number of hydrogen-bond acceptors (Lipinski definition) is 15. The molecule has 20 heteroatoms. The first kappa shape index (κ1) is 50.9. The van der Waals surface area contributed by atoms with Crippen LogP contribution in [0.25, 0.3) is 0 Å². The Bertz CT molecular complexity index is 2820. The lowest BCUT2D eigenvalue weighted by atomic mass is 9.82. The van der Waals surface area contributed by atoms with Crippen molar-refractivity contribution in [1.82, 2.24) is 35.1 Å². The van der Waals surface area contributed by atoms with E-state index >= 15 is 4.39 Å². The van der Waals surface area contributed by atoms with E-state index in [1.165, 1.54) is 31.7 Å². The van der Waals surface area contributed by atoms with Gasteiger partial charge in [0.2, 0.25) is 11.2 Å². The molecule has 2 aromatic heterocycles. The first-order chi connectivity index (χ1) is 35.3. The number of rotatable bonds is 9. The monoisotopic (exact) mass is 1030 g/mol. The molecule has 0 atom stereocenters. The molecule has 0 unspecified atom stereocenters. The van der Waals surface area contributed by atoms with Crippen molar-refractivity contribution in [2.24, 2.45) is 0 Å². The van der Waals surface area contributed by atoms with Crippen LogP contribution in [-0.2, 0) is 39.9 Å². The number of carbonyl (C=O) groups is 2. The molecular formula is C53H67ClF2N10O7. The zero-order valence-corrected chi connectivity index (χ0v) is 42.8. The molecule has 0 bridgehead atoms. The maximum Gasteiger partial charge on any atom is 0.339 e. The highest BCUT2D eigenvalue weighted by molar-refractivity contribution is 6.28. The number of H-pyrrole nitrogens is 2. The number of carbonyl (C=O) groups excluding carboxylic acids is 2. The summed E-state index contributed by atoms with van der Waals surface area (Å²) in [6.07, 6.45) is 12.3. The second-order valence-electron chi connectivity index (χ2n) is 20.8. The van der Waals surface area contributed by atoms with E-state index < -0.39 is 29.0 Å². The standard InChI is InChI=1S/C27H34FN5O3.C18H23FN2O3.C8H10ClN3O/c1-31-10-5-7-19-23(31)29-26(30-24(19)34)33-14-8-27(9-15-33)22-20(25(35)36-27)16-18(17-21(22)28)6-4-13-32-11-2-3-12-32;19-15-12-13(23-10-9-21-7-1-2-8-21)11-14-16(15)18(24-17(14)22)3-5-20-6-4-18;1-12-4-2-3-5-6(12)10-8(9)11-7(5)13/h16-17H,2-15H2,1H3,(H,29,30,34);11-12,20H,1-10H2;2-4H2,1H3,(H,10,11,13). The van der Waals surface area contributed by atoms with Gasteiger partial charge >= 0.3 is 11.9 Å². The van der Waals surface area contributed by atoms with Crippen LogP contribution in [0, 0.1) is 11.6 Å². The number of esters is 2. The van der Waals surface area contributed by atoms with Gasteiger partial charge in [-0.1, -0.05) is 0 Å². The van der Waals surface area contributed by atoms with Crippen LogP contribution < -0.4 is 35.9 Å². The van der Waals surface area contributed by atoms with E-state index in [0.717, 1.165) is 132 Å². The summed E-state index contributed by atoms with van der Waals surface area (Å²) >= 11 is 5.65. The summed E-state index contributed by atoms with van der Waals surface area (Å²) in [7, 11) is 3.87. The van der Waals surface area contributed by atoms with Crippen molar-refractivity contribution in [2.75, 3.05) is 114 Å². The van der Waals surface area contributed by atoms with E-state index in [2.05, 4.69) is 30.1 Å². The zero-order valence-electron chi connectivity index (χ0n) is 42.0. The summed E-state index contributed by atoms with van der Waals surface area (Å²) < 4.78 is 47.4. The number of ether oxygens (including phenoxy) is 3. The van der Waals surface area contributed by atoms with Crippen molar-refractivity contribution in [3.8, 4) is 5.75 Å². The lowest BCUT2D eigenvalue weighted by molar-refractivity contribution is -0.0257. The number of benzene rings is 2. The van der Waals surface area contributed by atoms with E-state index in [0.29, 0.717) is 79.3 Å². The lowest BCUT2D eigenvalue weighted by Crippen LogP contribution is -2.44. The van der Waals surface area contributed by atoms with Gasteiger partial charge in [-0.2, -0.15) is 4.98 Å². The minimum absolute atomic E-state index is 0.0946. The van der Waals surface area contributed by atoms with E-state index in [-0.39, 0.29) is 22.2 Å². The molecule has 73 heavy (non-hydrogen) atoms. The number of hydrogen-bond donors (Lipinski definition) is 3. The Morgan fingerprint density at radius 1 is 0.658 bits per heavy atom. The highest BCUT2D eigenvalue weighted by Gasteiger charge is 2.51. The number of aromatic amines is 2. The summed E-state index contributed by atoms with van der Waals surface area (Å²) in [4.78, 5) is 74.2. The van der Waals surface area contributed by atoms with Gasteiger partial charge in [0.05, 0.1) is 22.3 Å². The van der Waals surface area contributed by atoms with Crippen LogP contribution in [0.2, 0.25) is 5.28 Å². The fraction of sp³-hybridized carbons (Fsp3) is 0.585. The molecule has 4 aromatic rings. The van der Waals surface area contributed by atoms with Gasteiger partial charge < -0.3 is 39.1 Å². The SMILES string of the molecule is CN1CCCc2c1nc(Cl)[nH]c2=O.CN1CCCc2c1nc(N1CCC3(CC1)OC(=O)c1cc(CCCN4CCCC4)cc(F)c13)[nH]c2=O.O=C1OC2(CCNCC2)c2c(F)cc(OCCN3CCCC3)cc21. The van der Waals surface area contributed by atoms with Gasteiger partial charge in [0.1, 0.15) is 46.8 Å². The number of anilines is 3. The Hall–Kier alpha value is -5.63. The minimum Gasteiger partial charge on any atom is -0.492 e. The van der Waals surface area contributed by atoms with Gasteiger partial charge in [0.25, 0.3) is 11.1 Å². The minimum atomic E-state index is -0.952. The normalized spacial score (nSPS) is 20.6. The number of halogens is 3. The molecule has 2 spiro atoms. The maximum atomic E-state index is 15.5. The summed E-state index contributed by atoms with van der Waals surface area (Å²) in [6, 6.07) is 6.47. The summed E-state index contributed by atoms with van der Waals surface area (Å²) in [5, 5.41) is 3.39. The van der Waals surface area contributed by atoms with Crippen molar-refractivity contribution >= 4 is 41.1 Å². The smallest absolute Gasteiger partial charge is 0.339 e. The third-order valence-electron chi connectivity index (χ3n) is 15.9. The van der Waals surface area contributed by atoms with Crippen molar-refractivity contribution in [1.29, 1.82) is 0 Å². The predicted octanol–water partition coefficient (Wildman–Crippen LogP) is 5.84. The molecule has 2 aromatic carbocycles. The number of piperidine rings is 2. The predicted molar refractivity (Wildman–Crippen MR) is 274 cm³/mol. The fourth-order valence-electron chi connectivity index (χ4n) is 12.1. The van der Waals surface area contributed by atoms with Crippen molar-refractivity contribution in [3.63, 3.8) is 0 Å². The van der Waals surface area contributed by atoms with Crippen LogP contribution in [-0.4, -0.2) is 141 Å². The number of aryl methyl sites for hydroxylation is 1. The molecule has 4 saturated heterocycles. The summed E-state index contributed by atoms with van der Waals surface area (Å²) in [5.74, 6) is 0.799.